The van der Waals surface area contributed by atoms with Crippen LogP contribution >= 0.6 is 11.6 Å². The first-order chi connectivity index (χ1) is 18.7. The van der Waals surface area contributed by atoms with Crippen LogP contribution in [0, 0.1) is 11.8 Å². The Kier molecular flexibility index (Phi) is 8.11. The van der Waals surface area contributed by atoms with Crippen LogP contribution in [0.3, 0.4) is 0 Å². The Morgan fingerprint density at radius 2 is 1.92 bits per heavy atom. The summed E-state index contributed by atoms with van der Waals surface area (Å²) in [5.74, 6) is -0.785. The van der Waals surface area contributed by atoms with Gasteiger partial charge in [-0.25, -0.2) is 0 Å². The van der Waals surface area contributed by atoms with Gasteiger partial charge in [0.05, 0.1) is 17.9 Å². The Morgan fingerprint density at radius 3 is 2.59 bits per heavy atom. The van der Waals surface area contributed by atoms with E-state index in [0.29, 0.717) is 67.8 Å². The summed E-state index contributed by atoms with van der Waals surface area (Å²) in [6.45, 7) is 5.31. The number of ether oxygens (including phenoxy) is 1. The van der Waals surface area contributed by atoms with Gasteiger partial charge in [-0.05, 0) is 43.4 Å². The number of nitrogens with zero attached hydrogens (tertiary/aromatic N) is 4. The summed E-state index contributed by atoms with van der Waals surface area (Å²) in [5, 5.41) is 14.4. The van der Waals surface area contributed by atoms with Crippen LogP contribution in [0.1, 0.15) is 87.2 Å². The van der Waals surface area contributed by atoms with Gasteiger partial charge >= 0.3 is 5.97 Å². The molecule has 0 spiro atoms. The predicted octanol–water partition coefficient (Wildman–Crippen LogP) is 4.36. The number of hydrogen-bond donors (Lipinski definition) is 1. The molecule has 2 amide bonds. The Balaban J connectivity index is 1.49. The van der Waals surface area contributed by atoms with Crippen molar-refractivity contribution in [3.8, 4) is 5.75 Å². The zero-order valence-electron chi connectivity index (χ0n) is 22.4. The standard InChI is InChI=1S/C28H35ClN4O6/c1-16(2)26-30-23(31-39-26)15-38-22-10-9-20(29)19-11-13-33(21(25(19)22)14-32-12-5-8-24(32)34)27(35)17-6-3-4-7-18(17)28(36)37/h9-10,16-18,21H,3-8,11-15H2,1-2H3,(H,36,37)/t17?,18-,21-/m1/s1. The highest BCUT2D eigenvalue weighted by molar-refractivity contribution is 6.31. The molecule has 1 saturated heterocycles. The summed E-state index contributed by atoms with van der Waals surface area (Å²) < 4.78 is 11.5. The van der Waals surface area contributed by atoms with Gasteiger partial charge < -0.3 is 24.2 Å². The van der Waals surface area contributed by atoms with Gasteiger partial charge in [0.2, 0.25) is 23.5 Å². The quantitative estimate of drug-likeness (QED) is 0.506. The molecule has 1 aromatic carbocycles. The van der Waals surface area contributed by atoms with Crippen LogP contribution < -0.4 is 4.74 Å². The van der Waals surface area contributed by atoms with E-state index in [1.165, 1.54) is 0 Å². The third-order valence-corrected chi connectivity index (χ3v) is 8.51. The van der Waals surface area contributed by atoms with E-state index in [2.05, 4.69) is 10.1 Å². The molecule has 1 saturated carbocycles. The fraction of sp³-hybridized carbons (Fsp3) is 0.607. The van der Waals surface area contributed by atoms with E-state index in [9.17, 15) is 19.5 Å². The van der Waals surface area contributed by atoms with Gasteiger partial charge in [0.15, 0.2) is 6.61 Å². The summed E-state index contributed by atoms with van der Waals surface area (Å²) in [6, 6.07) is 3.05. The molecule has 10 nitrogen and oxygen atoms in total. The highest BCUT2D eigenvalue weighted by atomic mass is 35.5. The van der Waals surface area contributed by atoms with Crippen LogP contribution in [-0.4, -0.2) is 62.5 Å². The van der Waals surface area contributed by atoms with E-state index in [1.54, 1.807) is 21.9 Å². The SMILES string of the molecule is CC(C)c1nc(COc2ccc(Cl)c3c2[C@@H](CN2CCCC2=O)N(C(=O)C2CCCC[C@H]2C(=O)O)CC3)no1. The molecule has 2 fully saturated rings. The van der Waals surface area contributed by atoms with Crippen molar-refractivity contribution in [3.63, 3.8) is 0 Å². The molecule has 3 aliphatic rings. The molecular formula is C28H35ClN4O6. The highest BCUT2D eigenvalue weighted by Crippen LogP contribution is 2.43. The monoisotopic (exact) mass is 558 g/mol. The Labute approximate surface area is 232 Å². The average Bonchev–Trinajstić information content (AvgIpc) is 3.57. The molecule has 39 heavy (non-hydrogen) atoms. The molecule has 2 aliphatic heterocycles. The number of carbonyl (C=O) groups is 3. The molecule has 2 aromatic rings. The van der Waals surface area contributed by atoms with E-state index in [-0.39, 0.29) is 24.3 Å². The fourth-order valence-electron chi connectivity index (χ4n) is 6.10. The van der Waals surface area contributed by atoms with E-state index in [0.717, 1.165) is 30.4 Å². The number of aliphatic carboxylic acids is 1. The van der Waals surface area contributed by atoms with Crippen molar-refractivity contribution >= 4 is 29.4 Å². The van der Waals surface area contributed by atoms with Gasteiger partial charge in [0, 0.05) is 42.6 Å². The number of benzene rings is 1. The highest BCUT2D eigenvalue weighted by Gasteiger charge is 2.43. The minimum Gasteiger partial charge on any atom is -0.485 e. The molecule has 0 bridgehead atoms. The van der Waals surface area contributed by atoms with E-state index in [4.69, 9.17) is 20.9 Å². The number of amides is 2. The second kappa shape index (κ2) is 11.5. The maximum Gasteiger partial charge on any atom is 0.307 e. The molecule has 1 N–H and O–H groups in total. The maximum atomic E-state index is 14.0. The number of likely N-dealkylation sites (tertiary alicyclic amines) is 1. The number of fused-ring (bicyclic) bond motifs is 1. The second-order valence-corrected chi connectivity index (χ2v) is 11.4. The van der Waals surface area contributed by atoms with E-state index >= 15 is 0 Å². The van der Waals surface area contributed by atoms with Crippen LogP contribution in [-0.2, 0) is 27.4 Å². The van der Waals surface area contributed by atoms with Gasteiger partial charge in [-0.3, -0.25) is 14.4 Å². The van der Waals surface area contributed by atoms with Crippen LogP contribution in [0.2, 0.25) is 5.02 Å². The smallest absolute Gasteiger partial charge is 0.307 e. The Morgan fingerprint density at radius 1 is 1.15 bits per heavy atom. The topological polar surface area (TPSA) is 126 Å². The molecule has 3 atom stereocenters. The summed E-state index contributed by atoms with van der Waals surface area (Å²) in [7, 11) is 0. The first kappa shape index (κ1) is 27.4. The number of aromatic nitrogens is 2. The van der Waals surface area contributed by atoms with Crippen molar-refractivity contribution in [1.29, 1.82) is 0 Å². The van der Waals surface area contributed by atoms with Gasteiger partial charge in [-0.15, -0.1) is 0 Å². The lowest BCUT2D eigenvalue weighted by atomic mass is 9.77. The van der Waals surface area contributed by atoms with Crippen molar-refractivity contribution in [2.75, 3.05) is 19.6 Å². The van der Waals surface area contributed by atoms with Gasteiger partial charge in [-0.2, -0.15) is 4.98 Å². The fourth-order valence-corrected chi connectivity index (χ4v) is 6.36. The minimum atomic E-state index is -0.926. The van der Waals surface area contributed by atoms with E-state index in [1.807, 2.05) is 13.8 Å². The van der Waals surface area contributed by atoms with Crippen LogP contribution in [0.4, 0.5) is 0 Å². The minimum absolute atomic E-state index is 0.0492. The molecule has 1 aromatic heterocycles. The number of carbonyl (C=O) groups excluding carboxylic acids is 2. The van der Waals surface area contributed by atoms with Crippen molar-refractivity contribution < 1.29 is 28.8 Å². The number of carboxylic acid groups (broad SMARTS) is 1. The number of hydrogen-bond acceptors (Lipinski definition) is 7. The van der Waals surface area contributed by atoms with Crippen molar-refractivity contribution in [3.05, 3.63) is 40.0 Å². The molecule has 11 heteroatoms. The van der Waals surface area contributed by atoms with Gasteiger partial charge in [0.25, 0.3) is 0 Å². The molecular weight excluding hydrogens is 524 g/mol. The Bertz CT molecular complexity index is 1250. The van der Waals surface area contributed by atoms with Crippen LogP contribution in [0.5, 0.6) is 5.75 Å². The molecule has 3 heterocycles. The van der Waals surface area contributed by atoms with Crippen molar-refractivity contribution in [2.45, 2.75) is 77.4 Å². The van der Waals surface area contributed by atoms with Gasteiger partial charge in [-0.1, -0.05) is 43.4 Å². The Hall–Kier alpha value is -3.14. The second-order valence-electron chi connectivity index (χ2n) is 11.0. The van der Waals surface area contributed by atoms with Crippen molar-refractivity contribution in [2.24, 2.45) is 11.8 Å². The summed E-state index contributed by atoms with van der Waals surface area (Å²) >= 11 is 6.66. The summed E-state index contributed by atoms with van der Waals surface area (Å²) in [4.78, 5) is 46.7. The number of rotatable bonds is 8. The van der Waals surface area contributed by atoms with Crippen LogP contribution in [0.25, 0.3) is 0 Å². The first-order valence-corrected chi connectivity index (χ1v) is 14.2. The van der Waals surface area contributed by atoms with Crippen LogP contribution in [0.15, 0.2) is 16.7 Å². The average molecular weight is 559 g/mol. The first-order valence-electron chi connectivity index (χ1n) is 13.8. The lowest BCUT2D eigenvalue weighted by molar-refractivity contribution is -0.154. The number of halogens is 1. The molecule has 210 valence electrons. The zero-order valence-corrected chi connectivity index (χ0v) is 23.2. The van der Waals surface area contributed by atoms with Gasteiger partial charge in [0.1, 0.15) is 5.75 Å². The largest absolute Gasteiger partial charge is 0.485 e. The third-order valence-electron chi connectivity index (χ3n) is 8.15. The third kappa shape index (κ3) is 5.62. The normalized spacial score (nSPS) is 23.3. The summed E-state index contributed by atoms with van der Waals surface area (Å²) in [6.07, 6.45) is 4.42. The van der Waals surface area contributed by atoms with Crippen molar-refractivity contribution in [1.82, 2.24) is 19.9 Å². The number of carboxylic acids is 1. The molecule has 1 unspecified atom stereocenters. The molecule has 0 radical (unpaired) electrons. The lowest BCUT2D eigenvalue weighted by Crippen LogP contribution is -2.50. The predicted molar refractivity (Wildman–Crippen MR) is 141 cm³/mol. The summed E-state index contributed by atoms with van der Waals surface area (Å²) in [5.41, 5.74) is 1.64. The zero-order chi connectivity index (χ0) is 27.7. The molecule has 5 rings (SSSR count). The molecule has 1 aliphatic carbocycles. The maximum absolute atomic E-state index is 14.0. The van der Waals surface area contributed by atoms with E-state index < -0.39 is 23.8 Å². The lowest BCUT2D eigenvalue weighted by Gasteiger charge is -2.43.